The lowest BCUT2D eigenvalue weighted by molar-refractivity contribution is 1.09. The molecule has 0 amide bonds. The summed E-state index contributed by atoms with van der Waals surface area (Å²) in [5.41, 5.74) is 9.96. The summed E-state index contributed by atoms with van der Waals surface area (Å²) in [5, 5.41) is 0. The molecule has 0 spiro atoms. The summed E-state index contributed by atoms with van der Waals surface area (Å²) >= 11 is 0. The molecule has 6 rings (SSSR count). The smallest absolute Gasteiger partial charge is 0.145 e. The molecule has 0 atom stereocenters. The number of imidazole rings is 1. The Hall–Kier alpha value is -3.65. The molecule has 5 aromatic rings. The molecule has 0 radical (unpaired) electrons. The fourth-order valence-electron chi connectivity index (χ4n) is 4.34. The zero-order chi connectivity index (χ0) is 18.5. The molecule has 4 aromatic carbocycles. The number of rotatable bonds is 2. The summed E-state index contributed by atoms with van der Waals surface area (Å²) in [7, 11) is 0. The number of hydrogen-bond acceptors (Lipinski definition) is 1. The molecule has 0 saturated heterocycles. The molecule has 0 aliphatic heterocycles. The lowest BCUT2D eigenvalue weighted by atomic mass is 10.1. The van der Waals surface area contributed by atoms with Gasteiger partial charge in [0.05, 0.1) is 11.0 Å². The van der Waals surface area contributed by atoms with Crippen LogP contribution in [-0.2, 0) is 6.42 Å². The van der Waals surface area contributed by atoms with E-state index < -0.39 is 0 Å². The van der Waals surface area contributed by atoms with E-state index in [0.717, 1.165) is 28.8 Å². The molecular weight excluding hydrogens is 340 g/mol. The highest BCUT2D eigenvalue weighted by Crippen LogP contribution is 2.38. The molecule has 1 heterocycles. The van der Waals surface area contributed by atoms with Crippen LogP contribution in [0, 0.1) is 0 Å². The molecule has 2 nitrogen and oxygen atoms in total. The molecule has 0 saturated carbocycles. The summed E-state index contributed by atoms with van der Waals surface area (Å²) in [6.07, 6.45) is 0.993. The predicted octanol–water partition coefficient (Wildman–Crippen LogP) is 6.26. The van der Waals surface area contributed by atoms with Crippen molar-refractivity contribution in [3.05, 3.63) is 108 Å². The number of aromatic nitrogens is 2. The molecule has 1 aliphatic rings. The van der Waals surface area contributed by atoms with Crippen molar-refractivity contribution in [2.45, 2.75) is 6.42 Å². The Kier molecular flexibility index (Phi) is 3.26. The van der Waals surface area contributed by atoms with Crippen LogP contribution >= 0.6 is 0 Å². The van der Waals surface area contributed by atoms with Crippen molar-refractivity contribution in [1.29, 1.82) is 0 Å². The van der Waals surface area contributed by atoms with E-state index in [1.807, 2.05) is 12.1 Å². The highest BCUT2D eigenvalue weighted by Gasteiger charge is 2.20. The van der Waals surface area contributed by atoms with Crippen LogP contribution in [-0.4, -0.2) is 9.55 Å². The Morgan fingerprint density at radius 3 is 2.32 bits per heavy atom. The van der Waals surface area contributed by atoms with Gasteiger partial charge in [0, 0.05) is 11.3 Å². The van der Waals surface area contributed by atoms with Crippen LogP contribution in [0.1, 0.15) is 11.1 Å². The molecule has 1 aliphatic carbocycles. The number of fused-ring (bicyclic) bond motifs is 4. The first kappa shape index (κ1) is 15.4. The second-order valence-electron chi connectivity index (χ2n) is 7.30. The average Bonchev–Trinajstić information content (AvgIpc) is 3.32. The summed E-state index contributed by atoms with van der Waals surface area (Å²) in [5.74, 6) is 0.984. The first-order valence-corrected chi connectivity index (χ1v) is 9.63. The average molecular weight is 358 g/mol. The normalized spacial score (nSPS) is 12.1. The van der Waals surface area contributed by atoms with Crippen molar-refractivity contribution >= 4 is 11.0 Å². The summed E-state index contributed by atoms with van der Waals surface area (Å²) in [6.45, 7) is 0. The Morgan fingerprint density at radius 2 is 1.39 bits per heavy atom. The Balaban J connectivity index is 1.59. The Morgan fingerprint density at radius 1 is 0.643 bits per heavy atom. The molecule has 132 valence electrons. The minimum absolute atomic E-state index is 0.984. The van der Waals surface area contributed by atoms with Crippen LogP contribution in [0.25, 0.3) is 39.2 Å². The van der Waals surface area contributed by atoms with Gasteiger partial charge in [-0.3, -0.25) is 4.57 Å². The summed E-state index contributed by atoms with van der Waals surface area (Å²) < 4.78 is 2.29. The van der Waals surface area contributed by atoms with Gasteiger partial charge in [-0.05, 0) is 52.9 Å². The molecule has 28 heavy (non-hydrogen) atoms. The first-order chi connectivity index (χ1) is 13.9. The topological polar surface area (TPSA) is 17.8 Å². The third-order valence-corrected chi connectivity index (χ3v) is 5.63. The second kappa shape index (κ2) is 5.93. The van der Waals surface area contributed by atoms with Crippen LogP contribution in [0.3, 0.4) is 0 Å². The van der Waals surface area contributed by atoms with Crippen molar-refractivity contribution < 1.29 is 0 Å². The lowest BCUT2D eigenvalue weighted by Crippen LogP contribution is -1.98. The third-order valence-electron chi connectivity index (χ3n) is 5.63. The van der Waals surface area contributed by atoms with Crippen molar-refractivity contribution in [3.63, 3.8) is 0 Å². The Bertz CT molecular complexity index is 1330. The minimum atomic E-state index is 0.984. The monoisotopic (exact) mass is 358 g/mol. The SMILES string of the molecule is c1ccc(-c2nc3ccccc3n2-c2ccc3c(c2)Cc2ccccc2-3)cc1. The van der Waals surface area contributed by atoms with Gasteiger partial charge < -0.3 is 0 Å². The fraction of sp³-hybridized carbons (Fsp3) is 0.0385. The number of para-hydroxylation sites is 2. The first-order valence-electron chi connectivity index (χ1n) is 9.63. The van der Waals surface area contributed by atoms with Crippen LogP contribution in [0.2, 0.25) is 0 Å². The van der Waals surface area contributed by atoms with Gasteiger partial charge in [0.2, 0.25) is 0 Å². The van der Waals surface area contributed by atoms with Crippen molar-refractivity contribution in [1.82, 2.24) is 9.55 Å². The maximum atomic E-state index is 4.96. The van der Waals surface area contributed by atoms with Crippen LogP contribution < -0.4 is 0 Å². The van der Waals surface area contributed by atoms with Crippen LogP contribution in [0.4, 0.5) is 0 Å². The van der Waals surface area contributed by atoms with E-state index >= 15 is 0 Å². The van der Waals surface area contributed by atoms with Gasteiger partial charge in [-0.1, -0.05) is 72.8 Å². The zero-order valence-corrected chi connectivity index (χ0v) is 15.3. The van der Waals surface area contributed by atoms with Gasteiger partial charge in [-0.15, -0.1) is 0 Å². The molecule has 2 heteroatoms. The quantitative estimate of drug-likeness (QED) is 0.357. The highest BCUT2D eigenvalue weighted by molar-refractivity contribution is 5.84. The summed E-state index contributed by atoms with van der Waals surface area (Å²) in [4.78, 5) is 4.96. The zero-order valence-electron chi connectivity index (χ0n) is 15.3. The number of hydrogen-bond donors (Lipinski definition) is 0. The van der Waals surface area contributed by atoms with Crippen molar-refractivity contribution in [2.75, 3.05) is 0 Å². The van der Waals surface area contributed by atoms with E-state index in [1.165, 1.54) is 27.9 Å². The van der Waals surface area contributed by atoms with Crippen molar-refractivity contribution in [3.8, 4) is 28.2 Å². The standard InChI is InChI=1S/C26H18N2/c1-2-8-18(9-3-1)26-27-24-12-6-7-13-25(24)28(26)21-14-15-23-20(17-21)16-19-10-4-5-11-22(19)23/h1-15,17H,16H2. The molecule has 0 unspecified atom stereocenters. The van der Waals surface area contributed by atoms with E-state index in [0.29, 0.717) is 0 Å². The molecule has 0 N–H and O–H groups in total. The molecule has 0 bridgehead atoms. The van der Waals surface area contributed by atoms with E-state index in [9.17, 15) is 0 Å². The predicted molar refractivity (Wildman–Crippen MR) is 115 cm³/mol. The van der Waals surface area contributed by atoms with Crippen molar-refractivity contribution in [2.24, 2.45) is 0 Å². The van der Waals surface area contributed by atoms with Gasteiger partial charge in [-0.2, -0.15) is 0 Å². The fourth-order valence-corrected chi connectivity index (χ4v) is 4.34. The number of nitrogens with zero attached hydrogens (tertiary/aromatic N) is 2. The van der Waals surface area contributed by atoms with E-state index in [1.54, 1.807) is 0 Å². The van der Waals surface area contributed by atoms with Gasteiger partial charge in [0.25, 0.3) is 0 Å². The summed E-state index contributed by atoms with van der Waals surface area (Å²) in [6, 6.07) is 34.3. The maximum Gasteiger partial charge on any atom is 0.145 e. The van der Waals surface area contributed by atoms with Gasteiger partial charge in [-0.25, -0.2) is 4.98 Å². The molecule has 1 aromatic heterocycles. The maximum absolute atomic E-state index is 4.96. The van der Waals surface area contributed by atoms with E-state index in [4.69, 9.17) is 4.98 Å². The van der Waals surface area contributed by atoms with E-state index in [2.05, 4.69) is 89.5 Å². The molecular formula is C26H18N2. The van der Waals surface area contributed by atoms with E-state index in [-0.39, 0.29) is 0 Å². The van der Waals surface area contributed by atoms with Gasteiger partial charge in [0.15, 0.2) is 0 Å². The lowest BCUT2D eigenvalue weighted by Gasteiger charge is -2.11. The van der Waals surface area contributed by atoms with Crippen LogP contribution in [0.15, 0.2) is 97.1 Å². The highest BCUT2D eigenvalue weighted by atomic mass is 15.1. The van der Waals surface area contributed by atoms with Gasteiger partial charge in [0.1, 0.15) is 5.82 Å². The Labute approximate surface area is 163 Å². The van der Waals surface area contributed by atoms with Crippen LogP contribution in [0.5, 0.6) is 0 Å². The largest absolute Gasteiger partial charge is 0.292 e. The van der Waals surface area contributed by atoms with Gasteiger partial charge >= 0.3 is 0 Å². The molecule has 0 fully saturated rings. The second-order valence-corrected chi connectivity index (χ2v) is 7.30. The minimum Gasteiger partial charge on any atom is -0.292 e. The number of benzene rings is 4. The third kappa shape index (κ3) is 2.25.